The topological polar surface area (TPSA) is 49.8 Å². The maximum Gasteiger partial charge on any atom is 0.222 e. The Kier molecular flexibility index (Phi) is 6.54. The average molecular weight is 287 g/mol. The van der Waals surface area contributed by atoms with Crippen molar-refractivity contribution in [3.05, 3.63) is 35.4 Å². The molecule has 1 aromatic rings. The van der Waals surface area contributed by atoms with Gasteiger partial charge in [-0.2, -0.15) is 0 Å². The first kappa shape index (κ1) is 16.5. The van der Waals surface area contributed by atoms with Crippen LogP contribution in [0, 0.1) is 11.6 Å². The van der Waals surface area contributed by atoms with E-state index in [9.17, 15) is 18.7 Å². The zero-order valence-corrected chi connectivity index (χ0v) is 11.6. The summed E-state index contributed by atoms with van der Waals surface area (Å²) in [6, 6.07) is 3.29. The van der Waals surface area contributed by atoms with E-state index in [0.717, 1.165) is 12.1 Å². The number of hydrogen-bond donors (Lipinski definition) is 1. The number of halogens is 2. The lowest BCUT2D eigenvalue weighted by Crippen LogP contribution is -2.36. The van der Waals surface area contributed by atoms with Gasteiger partial charge in [0.2, 0.25) is 5.91 Å². The van der Waals surface area contributed by atoms with Gasteiger partial charge < -0.3 is 14.7 Å². The number of carbonyl (C=O) groups is 1. The van der Waals surface area contributed by atoms with Crippen LogP contribution in [0.2, 0.25) is 0 Å². The number of rotatable bonds is 7. The monoisotopic (exact) mass is 287 g/mol. The number of amides is 1. The third-order valence-electron chi connectivity index (χ3n) is 2.89. The molecule has 0 spiro atoms. The number of hydrogen-bond acceptors (Lipinski definition) is 3. The van der Waals surface area contributed by atoms with Gasteiger partial charge in [0, 0.05) is 33.2 Å². The van der Waals surface area contributed by atoms with Crippen molar-refractivity contribution >= 4 is 5.91 Å². The number of ether oxygens (including phenoxy) is 1. The molecule has 0 aliphatic carbocycles. The van der Waals surface area contributed by atoms with Crippen molar-refractivity contribution in [2.45, 2.75) is 18.9 Å². The third kappa shape index (κ3) is 5.22. The Balaban J connectivity index is 2.46. The van der Waals surface area contributed by atoms with Crippen LogP contribution in [0.3, 0.4) is 0 Å². The fraction of sp³-hybridized carbons (Fsp3) is 0.500. The van der Waals surface area contributed by atoms with E-state index in [4.69, 9.17) is 4.74 Å². The van der Waals surface area contributed by atoms with Crippen molar-refractivity contribution in [1.82, 2.24) is 4.90 Å². The molecule has 1 amide bonds. The van der Waals surface area contributed by atoms with Gasteiger partial charge in [-0.25, -0.2) is 8.78 Å². The first-order valence-electron chi connectivity index (χ1n) is 6.29. The largest absolute Gasteiger partial charge is 0.389 e. The van der Waals surface area contributed by atoms with E-state index in [1.165, 1.54) is 18.1 Å². The van der Waals surface area contributed by atoms with Crippen LogP contribution in [0.1, 0.15) is 12.0 Å². The average Bonchev–Trinajstić information content (AvgIpc) is 2.37. The Morgan fingerprint density at radius 3 is 2.75 bits per heavy atom. The van der Waals surface area contributed by atoms with E-state index in [2.05, 4.69) is 0 Å². The minimum atomic E-state index is -0.753. The predicted octanol–water partition coefficient (Wildman–Crippen LogP) is 1.36. The number of carbonyl (C=O) groups excluding carboxylic acids is 1. The second-order valence-electron chi connectivity index (χ2n) is 4.62. The molecular formula is C14H19F2NO3. The Hall–Kier alpha value is -1.53. The smallest absolute Gasteiger partial charge is 0.222 e. The van der Waals surface area contributed by atoms with Crippen molar-refractivity contribution in [2.24, 2.45) is 0 Å². The van der Waals surface area contributed by atoms with Gasteiger partial charge in [-0.05, 0) is 18.1 Å². The highest BCUT2D eigenvalue weighted by molar-refractivity contribution is 5.76. The fourth-order valence-corrected chi connectivity index (χ4v) is 1.82. The van der Waals surface area contributed by atoms with Gasteiger partial charge >= 0.3 is 0 Å². The fourth-order valence-electron chi connectivity index (χ4n) is 1.82. The van der Waals surface area contributed by atoms with E-state index >= 15 is 0 Å². The number of likely N-dealkylation sites (N-methyl/N-ethyl adjacent to an activating group) is 1. The Morgan fingerprint density at radius 2 is 2.15 bits per heavy atom. The minimum Gasteiger partial charge on any atom is -0.389 e. The Morgan fingerprint density at radius 1 is 1.45 bits per heavy atom. The number of benzene rings is 1. The Bertz CT molecular complexity index is 454. The molecule has 0 radical (unpaired) electrons. The summed E-state index contributed by atoms with van der Waals surface area (Å²) in [5, 5.41) is 9.51. The highest BCUT2D eigenvalue weighted by Crippen LogP contribution is 2.12. The van der Waals surface area contributed by atoms with Crippen LogP contribution in [-0.4, -0.2) is 49.3 Å². The van der Waals surface area contributed by atoms with Crippen LogP contribution in [0.25, 0.3) is 0 Å². The molecule has 0 aromatic heterocycles. The molecule has 0 aliphatic heterocycles. The predicted molar refractivity (Wildman–Crippen MR) is 70.2 cm³/mol. The van der Waals surface area contributed by atoms with Gasteiger partial charge in [0.15, 0.2) is 0 Å². The normalized spacial score (nSPS) is 12.2. The van der Waals surface area contributed by atoms with Crippen molar-refractivity contribution in [3.63, 3.8) is 0 Å². The number of aryl methyl sites for hydroxylation is 1. The molecule has 112 valence electrons. The molecule has 1 aromatic carbocycles. The second-order valence-corrected chi connectivity index (χ2v) is 4.62. The summed E-state index contributed by atoms with van der Waals surface area (Å²) in [4.78, 5) is 13.2. The van der Waals surface area contributed by atoms with Gasteiger partial charge in [0.25, 0.3) is 0 Å². The zero-order valence-electron chi connectivity index (χ0n) is 11.6. The van der Waals surface area contributed by atoms with Crippen molar-refractivity contribution in [1.29, 1.82) is 0 Å². The van der Waals surface area contributed by atoms with Crippen LogP contribution in [-0.2, 0) is 16.0 Å². The van der Waals surface area contributed by atoms with E-state index in [0.29, 0.717) is 5.56 Å². The summed E-state index contributed by atoms with van der Waals surface area (Å²) in [5.41, 5.74) is 0.297. The highest BCUT2D eigenvalue weighted by Gasteiger charge is 2.14. The van der Waals surface area contributed by atoms with Crippen molar-refractivity contribution in [2.75, 3.05) is 27.3 Å². The summed E-state index contributed by atoms with van der Waals surface area (Å²) in [6.07, 6.45) is -0.467. The van der Waals surface area contributed by atoms with Crippen LogP contribution >= 0.6 is 0 Å². The van der Waals surface area contributed by atoms with Crippen molar-refractivity contribution in [3.8, 4) is 0 Å². The van der Waals surface area contributed by atoms with Crippen LogP contribution in [0.5, 0.6) is 0 Å². The molecule has 0 aliphatic rings. The van der Waals surface area contributed by atoms with E-state index < -0.39 is 17.7 Å². The van der Waals surface area contributed by atoms with Crippen LogP contribution in [0.4, 0.5) is 8.78 Å². The molecule has 20 heavy (non-hydrogen) atoms. The Labute approximate surface area is 117 Å². The van der Waals surface area contributed by atoms with Gasteiger partial charge in [-0.1, -0.05) is 6.07 Å². The molecule has 1 atom stereocenters. The van der Waals surface area contributed by atoms with E-state index in [1.807, 2.05) is 0 Å². The van der Waals surface area contributed by atoms with Gasteiger partial charge in [-0.3, -0.25) is 4.79 Å². The van der Waals surface area contributed by atoms with Gasteiger partial charge in [0.1, 0.15) is 11.6 Å². The standard InChI is InChI=1S/C14H19F2NO3/c1-17(8-12(18)9-20-2)14(19)6-4-10-3-5-11(15)7-13(10)16/h3,5,7,12,18H,4,6,8-9H2,1-2H3. The molecule has 0 fully saturated rings. The van der Waals surface area contributed by atoms with Gasteiger partial charge in [0.05, 0.1) is 12.7 Å². The summed E-state index contributed by atoms with van der Waals surface area (Å²) in [5.74, 6) is -1.51. The van der Waals surface area contributed by atoms with Crippen LogP contribution in [0.15, 0.2) is 18.2 Å². The van der Waals surface area contributed by atoms with Crippen LogP contribution < -0.4 is 0 Å². The lowest BCUT2D eigenvalue weighted by atomic mass is 10.1. The first-order valence-corrected chi connectivity index (χ1v) is 6.29. The zero-order chi connectivity index (χ0) is 15.1. The second kappa shape index (κ2) is 7.91. The molecule has 1 N–H and O–H groups in total. The molecule has 0 heterocycles. The number of nitrogens with zero attached hydrogens (tertiary/aromatic N) is 1. The number of aliphatic hydroxyl groups excluding tert-OH is 1. The summed E-state index contributed by atoms with van der Waals surface area (Å²) >= 11 is 0. The summed E-state index contributed by atoms with van der Waals surface area (Å²) in [6.45, 7) is 0.294. The molecule has 1 unspecified atom stereocenters. The lowest BCUT2D eigenvalue weighted by molar-refractivity contribution is -0.131. The number of aliphatic hydroxyl groups is 1. The van der Waals surface area contributed by atoms with Gasteiger partial charge in [-0.15, -0.1) is 0 Å². The minimum absolute atomic E-state index is 0.0960. The summed E-state index contributed by atoms with van der Waals surface area (Å²) < 4.78 is 30.9. The van der Waals surface area contributed by atoms with Crippen molar-refractivity contribution < 1.29 is 23.4 Å². The van der Waals surface area contributed by atoms with E-state index in [1.54, 1.807) is 7.05 Å². The molecular weight excluding hydrogens is 268 g/mol. The third-order valence-corrected chi connectivity index (χ3v) is 2.89. The first-order chi connectivity index (χ1) is 9.43. The summed E-state index contributed by atoms with van der Waals surface area (Å²) in [7, 11) is 3.02. The molecule has 6 heteroatoms. The maximum atomic E-state index is 13.4. The maximum absolute atomic E-state index is 13.4. The molecule has 0 bridgehead atoms. The SMILES string of the molecule is COCC(O)CN(C)C(=O)CCc1ccc(F)cc1F. The highest BCUT2D eigenvalue weighted by atomic mass is 19.1. The lowest BCUT2D eigenvalue weighted by Gasteiger charge is -2.20. The molecule has 4 nitrogen and oxygen atoms in total. The quantitative estimate of drug-likeness (QED) is 0.824. The molecule has 1 rings (SSSR count). The van der Waals surface area contributed by atoms with E-state index in [-0.39, 0.29) is 31.9 Å². The molecule has 0 saturated heterocycles. The molecule has 0 saturated carbocycles. The number of methoxy groups -OCH3 is 1.